The van der Waals surface area contributed by atoms with E-state index >= 15 is 0 Å². The quantitative estimate of drug-likeness (QED) is 0.687. The molecule has 0 bridgehead atoms. The van der Waals surface area contributed by atoms with Crippen LogP contribution in [0, 0.1) is 0 Å². The van der Waals surface area contributed by atoms with Crippen molar-refractivity contribution < 1.29 is 9.59 Å². The number of carbonyl (C=O) groups is 2. The Morgan fingerprint density at radius 1 is 0.828 bits per heavy atom. The number of hydrogen-bond acceptors (Lipinski definition) is 2. The van der Waals surface area contributed by atoms with Crippen molar-refractivity contribution in [3.63, 3.8) is 0 Å². The average molecular weight is 433 g/mol. The van der Waals surface area contributed by atoms with Gasteiger partial charge in [-0.3, -0.25) is 9.59 Å². The van der Waals surface area contributed by atoms with Gasteiger partial charge in [0.2, 0.25) is 0 Å². The average Bonchev–Trinajstić information content (AvgIpc) is 2.60. The molecule has 2 amide bonds. The summed E-state index contributed by atoms with van der Waals surface area (Å²) >= 11 is 11.9. The van der Waals surface area contributed by atoms with Gasteiger partial charge in [-0.25, -0.2) is 0 Å². The van der Waals surface area contributed by atoms with Gasteiger partial charge in [-0.1, -0.05) is 23.2 Å². The Kier molecular flexibility index (Phi) is 5.98. The summed E-state index contributed by atoms with van der Waals surface area (Å²) in [7, 11) is 0. The molecule has 2 aromatic carbocycles. The minimum Gasteiger partial charge on any atom is -0.349 e. The summed E-state index contributed by atoms with van der Waals surface area (Å²) in [6.07, 6.45) is 1.32. The normalized spacial score (nSPS) is 18.3. The lowest BCUT2D eigenvalue weighted by atomic mass is 9.76. The Hall–Kier alpha value is -2.04. The number of amides is 2. The fourth-order valence-corrected chi connectivity index (χ4v) is 4.78. The van der Waals surface area contributed by atoms with E-state index in [4.69, 9.17) is 23.2 Å². The van der Waals surface area contributed by atoms with Crippen LogP contribution in [0.4, 0.5) is 0 Å². The van der Waals surface area contributed by atoms with Crippen LogP contribution < -0.4 is 5.32 Å². The van der Waals surface area contributed by atoms with Crippen molar-refractivity contribution in [2.24, 2.45) is 0 Å². The van der Waals surface area contributed by atoms with E-state index in [0.29, 0.717) is 34.0 Å². The Bertz CT molecular complexity index is 887. The maximum absolute atomic E-state index is 13.3. The number of nitrogens with zero attached hydrogens (tertiary/aromatic N) is 1. The van der Waals surface area contributed by atoms with Crippen molar-refractivity contribution in [2.45, 2.75) is 57.7 Å². The number of nitrogens with one attached hydrogen (secondary N) is 1. The second-order valence-electron chi connectivity index (χ2n) is 8.86. The minimum absolute atomic E-state index is 0.0286. The van der Waals surface area contributed by atoms with E-state index in [-0.39, 0.29) is 17.9 Å². The molecule has 0 saturated carbocycles. The van der Waals surface area contributed by atoms with Crippen LogP contribution in [0.15, 0.2) is 48.5 Å². The van der Waals surface area contributed by atoms with Gasteiger partial charge in [0.1, 0.15) is 0 Å². The molecular weight excluding hydrogens is 407 g/mol. The summed E-state index contributed by atoms with van der Waals surface area (Å²) in [6.45, 7) is 8.18. The number of piperidine rings is 1. The summed E-state index contributed by atoms with van der Waals surface area (Å²) in [5.74, 6) is -0.158. The molecule has 1 fully saturated rings. The van der Waals surface area contributed by atoms with Gasteiger partial charge in [-0.2, -0.15) is 0 Å². The number of carbonyl (C=O) groups excluding carboxylic acids is 2. The first-order valence-electron chi connectivity index (χ1n) is 9.66. The molecule has 1 aliphatic heterocycles. The molecule has 2 aromatic rings. The third-order valence-electron chi connectivity index (χ3n) is 5.44. The number of rotatable bonds is 3. The number of hydrogen-bond donors (Lipinski definition) is 1. The van der Waals surface area contributed by atoms with Crippen molar-refractivity contribution in [1.29, 1.82) is 0 Å². The van der Waals surface area contributed by atoms with Crippen LogP contribution in [0.5, 0.6) is 0 Å². The molecule has 1 N–H and O–H groups in total. The predicted molar refractivity (Wildman–Crippen MR) is 118 cm³/mol. The Morgan fingerprint density at radius 2 is 1.24 bits per heavy atom. The van der Waals surface area contributed by atoms with Crippen LogP contribution in [0.2, 0.25) is 10.0 Å². The summed E-state index contributed by atoms with van der Waals surface area (Å²) in [5.41, 5.74) is 0.316. The van der Waals surface area contributed by atoms with Gasteiger partial charge in [0, 0.05) is 38.3 Å². The first-order valence-corrected chi connectivity index (χ1v) is 10.4. The molecule has 4 nitrogen and oxygen atoms in total. The third-order valence-corrected chi connectivity index (χ3v) is 5.94. The largest absolute Gasteiger partial charge is 0.349 e. The fraction of sp³-hybridized carbons (Fsp3) is 0.391. The summed E-state index contributed by atoms with van der Waals surface area (Å²) in [6, 6.07) is 13.8. The number of benzene rings is 2. The van der Waals surface area contributed by atoms with Crippen molar-refractivity contribution >= 4 is 35.0 Å². The highest BCUT2D eigenvalue weighted by molar-refractivity contribution is 6.31. The number of halogens is 2. The highest BCUT2D eigenvalue weighted by atomic mass is 35.5. The smallest absolute Gasteiger partial charge is 0.254 e. The van der Waals surface area contributed by atoms with E-state index in [1.807, 2.05) is 32.6 Å². The van der Waals surface area contributed by atoms with E-state index in [1.54, 1.807) is 48.5 Å². The third kappa shape index (κ3) is 4.76. The van der Waals surface area contributed by atoms with Crippen molar-refractivity contribution in [2.75, 3.05) is 0 Å². The second kappa shape index (κ2) is 8.00. The lowest BCUT2D eigenvalue weighted by Crippen LogP contribution is -2.66. The molecule has 1 saturated heterocycles. The molecular formula is C23H26Cl2N2O2. The topological polar surface area (TPSA) is 49.4 Å². The molecule has 6 heteroatoms. The fourth-order valence-electron chi connectivity index (χ4n) is 4.52. The van der Waals surface area contributed by atoms with Gasteiger partial charge < -0.3 is 10.2 Å². The Labute approximate surface area is 182 Å². The maximum Gasteiger partial charge on any atom is 0.254 e. The summed E-state index contributed by atoms with van der Waals surface area (Å²) in [5, 5.41) is 4.33. The van der Waals surface area contributed by atoms with Gasteiger partial charge in [0.05, 0.1) is 0 Å². The molecule has 0 spiro atoms. The zero-order valence-corrected chi connectivity index (χ0v) is 18.6. The first kappa shape index (κ1) is 21.7. The molecule has 1 aliphatic rings. The number of likely N-dealkylation sites (tertiary alicyclic amines) is 1. The van der Waals surface area contributed by atoms with Gasteiger partial charge in [-0.15, -0.1) is 0 Å². The van der Waals surface area contributed by atoms with E-state index < -0.39 is 11.1 Å². The van der Waals surface area contributed by atoms with Gasteiger partial charge in [0.25, 0.3) is 11.8 Å². The molecule has 0 radical (unpaired) electrons. The van der Waals surface area contributed by atoms with Crippen LogP contribution in [0.1, 0.15) is 61.3 Å². The highest BCUT2D eigenvalue weighted by Gasteiger charge is 2.48. The van der Waals surface area contributed by atoms with Crippen molar-refractivity contribution in [3.8, 4) is 0 Å². The monoisotopic (exact) mass is 432 g/mol. The maximum atomic E-state index is 13.3. The van der Waals surface area contributed by atoms with Gasteiger partial charge in [0.15, 0.2) is 0 Å². The molecule has 29 heavy (non-hydrogen) atoms. The van der Waals surface area contributed by atoms with E-state index in [9.17, 15) is 9.59 Å². The zero-order valence-electron chi connectivity index (χ0n) is 17.1. The van der Waals surface area contributed by atoms with E-state index in [1.165, 1.54) is 0 Å². The van der Waals surface area contributed by atoms with Crippen LogP contribution >= 0.6 is 23.2 Å². The standard InChI is InChI=1S/C23H26Cl2N2O2/c1-22(2)13-19(26-20(28)15-5-9-17(24)10-6-15)14-23(3,4)27(22)21(29)16-7-11-18(25)12-8-16/h5-12,19H,13-14H2,1-4H3,(H,26,28). The molecule has 0 aromatic heterocycles. The van der Waals surface area contributed by atoms with Gasteiger partial charge in [-0.05, 0) is 89.1 Å². The SMILES string of the molecule is CC1(C)CC(NC(=O)c2ccc(Cl)cc2)CC(C)(C)N1C(=O)c1ccc(Cl)cc1. The lowest BCUT2D eigenvalue weighted by molar-refractivity contribution is -0.0210. The van der Waals surface area contributed by atoms with E-state index in [2.05, 4.69) is 5.32 Å². The van der Waals surface area contributed by atoms with Crippen molar-refractivity contribution in [1.82, 2.24) is 10.2 Å². The highest BCUT2D eigenvalue weighted by Crippen LogP contribution is 2.39. The van der Waals surface area contributed by atoms with Gasteiger partial charge >= 0.3 is 0 Å². The van der Waals surface area contributed by atoms with E-state index in [0.717, 1.165) is 0 Å². The summed E-state index contributed by atoms with van der Waals surface area (Å²) < 4.78 is 0. The Balaban J connectivity index is 1.79. The predicted octanol–water partition coefficient (Wildman–Crippen LogP) is 5.59. The molecule has 0 aliphatic carbocycles. The molecule has 1 heterocycles. The molecule has 0 unspecified atom stereocenters. The second-order valence-corrected chi connectivity index (χ2v) is 9.73. The van der Waals surface area contributed by atoms with Crippen molar-refractivity contribution in [3.05, 3.63) is 69.7 Å². The minimum atomic E-state index is -0.434. The van der Waals surface area contributed by atoms with Crippen LogP contribution in [0.3, 0.4) is 0 Å². The molecule has 0 atom stereocenters. The molecule has 154 valence electrons. The Morgan fingerprint density at radius 3 is 1.69 bits per heavy atom. The lowest BCUT2D eigenvalue weighted by Gasteiger charge is -2.55. The molecule has 3 rings (SSSR count). The summed E-state index contributed by atoms with van der Waals surface area (Å²) in [4.78, 5) is 27.9. The van der Waals surface area contributed by atoms with Crippen LogP contribution in [-0.2, 0) is 0 Å². The van der Waals surface area contributed by atoms with Crippen LogP contribution in [0.25, 0.3) is 0 Å². The van der Waals surface area contributed by atoms with Crippen LogP contribution in [-0.4, -0.2) is 33.8 Å². The first-order chi connectivity index (χ1) is 13.5. The zero-order chi connectivity index (χ0) is 21.4.